The zero-order valence-electron chi connectivity index (χ0n) is 11.2. The molecule has 0 bridgehead atoms. The summed E-state index contributed by atoms with van der Waals surface area (Å²) in [5.41, 5.74) is 0. The molecule has 98 valence electrons. The molecular formula is C12H23N3O2. The Morgan fingerprint density at radius 2 is 2.12 bits per heavy atom. The number of ether oxygens (including phenoxy) is 1. The molecule has 0 aliphatic rings. The highest BCUT2D eigenvalue weighted by molar-refractivity contribution is 4.96. The zero-order chi connectivity index (χ0) is 12.7. The van der Waals surface area contributed by atoms with Crippen LogP contribution in [-0.4, -0.2) is 29.3 Å². The Kier molecular flexibility index (Phi) is 6.15. The van der Waals surface area contributed by atoms with Gasteiger partial charge in [0.1, 0.15) is 6.61 Å². The first-order valence-corrected chi connectivity index (χ1v) is 6.36. The molecule has 2 atom stereocenters. The molecule has 0 saturated heterocycles. The molecule has 0 aliphatic carbocycles. The molecule has 1 aromatic heterocycles. The van der Waals surface area contributed by atoms with Crippen molar-refractivity contribution < 1.29 is 9.26 Å². The Bertz CT molecular complexity index is 314. The summed E-state index contributed by atoms with van der Waals surface area (Å²) in [5.74, 6) is 1.54. The second-order valence-corrected chi connectivity index (χ2v) is 4.05. The summed E-state index contributed by atoms with van der Waals surface area (Å²) in [4.78, 5) is 4.36. The summed E-state index contributed by atoms with van der Waals surface area (Å²) in [6.45, 7) is 10.3. The minimum Gasteiger partial charge on any atom is -0.374 e. The molecule has 5 heteroatoms. The fourth-order valence-corrected chi connectivity index (χ4v) is 1.81. The number of nitrogens with zero attached hydrogens (tertiary/aromatic N) is 2. The standard InChI is InChI=1S/C12H23N3O2/c1-5-10(13-6-2)9(4)12-14-11(15-17-12)8-16-7-3/h9-10,13H,5-8H2,1-4H3. The molecule has 0 spiro atoms. The first kappa shape index (κ1) is 14.1. The minimum absolute atomic E-state index is 0.225. The number of nitrogens with one attached hydrogen (secondary N) is 1. The first-order valence-electron chi connectivity index (χ1n) is 6.36. The van der Waals surface area contributed by atoms with Crippen molar-refractivity contribution in [2.45, 2.75) is 52.7 Å². The van der Waals surface area contributed by atoms with E-state index in [-0.39, 0.29) is 5.92 Å². The molecule has 2 unspecified atom stereocenters. The molecule has 1 aromatic rings. The molecule has 0 saturated carbocycles. The molecule has 0 aromatic carbocycles. The summed E-state index contributed by atoms with van der Waals surface area (Å²) in [6.07, 6.45) is 1.04. The third-order valence-corrected chi connectivity index (χ3v) is 2.82. The number of likely N-dealkylation sites (N-methyl/N-ethyl adjacent to an activating group) is 1. The van der Waals surface area contributed by atoms with E-state index < -0.39 is 0 Å². The van der Waals surface area contributed by atoms with Crippen LogP contribution in [0.25, 0.3) is 0 Å². The van der Waals surface area contributed by atoms with Crippen molar-refractivity contribution in [3.8, 4) is 0 Å². The lowest BCUT2D eigenvalue weighted by atomic mass is 9.99. The van der Waals surface area contributed by atoms with Crippen LogP contribution in [0.3, 0.4) is 0 Å². The lowest BCUT2D eigenvalue weighted by molar-refractivity contribution is 0.126. The normalized spacial score (nSPS) is 14.8. The second-order valence-electron chi connectivity index (χ2n) is 4.05. The third kappa shape index (κ3) is 4.09. The van der Waals surface area contributed by atoms with E-state index in [9.17, 15) is 0 Å². The Morgan fingerprint density at radius 1 is 1.35 bits per heavy atom. The van der Waals surface area contributed by atoms with Gasteiger partial charge in [-0.1, -0.05) is 25.9 Å². The lowest BCUT2D eigenvalue weighted by Gasteiger charge is -2.20. The number of hydrogen-bond donors (Lipinski definition) is 1. The molecule has 5 nitrogen and oxygen atoms in total. The van der Waals surface area contributed by atoms with Crippen molar-refractivity contribution in [3.63, 3.8) is 0 Å². The van der Waals surface area contributed by atoms with Crippen LogP contribution >= 0.6 is 0 Å². The molecule has 0 fully saturated rings. The van der Waals surface area contributed by atoms with Crippen LogP contribution in [0.15, 0.2) is 4.52 Å². The molecular weight excluding hydrogens is 218 g/mol. The summed E-state index contributed by atoms with van der Waals surface area (Å²) >= 11 is 0. The average molecular weight is 241 g/mol. The van der Waals surface area contributed by atoms with Gasteiger partial charge in [0.05, 0.1) is 5.92 Å². The molecule has 1 heterocycles. The molecule has 1 rings (SSSR count). The Hall–Kier alpha value is -0.940. The molecule has 0 aliphatic heterocycles. The molecule has 0 radical (unpaired) electrons. The van der Waals surface area contributed by atoms with Gasteiger partial charge >= 0.3 is 0 Å². The number of aromatic nitrogens is 2. The monoisotopic (exact) mass is 241 g/mol. The van der Waals surface area contributed by atoms with E-state index in [0.29, 0.717) is 31.0 Å². The highest BCUT2D eigenvalue weighted by atomic mass is 16.5. The van der Waals surface area contributed by atoms with Gasteiger partial charge in [-0.05, 0) is 19.9 Å². The van der Waals surface area contributed by atoms with E-state index in [0.717, 1.165) is 13.0 Å². The van der Waals surface area contributed by atoms with Gasteiger partial charge < -0.3 is 14.6 Å². The average Bonchev–Trinajstić information content (AvgIpc) is 2.81. The number of rotatable bonds is 8. The zero-order valence-corrected chi connectivity index (χ0v) is 11.2. The van der Waals surface area contributed by atoms with E-state index in [4.69, 9.17) is 9.26 Å². The van der Waals surface area contributed by atoms with Crippen LogP contribution in [0.2, 0.25) is 0 Å². The highest BCUT2D eigenvalue weighted by Gasteiger charge is 2.22. The van der Waals surface area contributed by atoms with Gasteiger partial charge in [0, 0.05) is 12.6 Å². The molecule has 17 heavy (non-hydrogen) atoms. The summed E-state index contributed by atoms with van der Waals surface area (Å²) in [7, 11) is 0. The quantitative estimate of drug-likeness (QED) is 0.755. The highest BCUT2D eigenvalue weighted by Crippen LogP contribution is 2.19. The Morgan fingerprint density at radius 3 is 2.71 bits per heavy atom. The maximum Gasteiger partial charge on any atom is 0.231 e. The van der Waals surface area contributed by atoms with Gasteiger partial charge in [-0.3, -0.25) is 0 Å². The summed E-state index contributed by atoms with van der Waals surface area (Å²) < 4.78 is 10.5. The van der Waals surface area contributed by atoms with Gasteiger partial charge in [-0.2, -0.15) is 4.98 Å². The van der Waals surface area contributed by atoms with Crippen molar-refractivity contribution in [3.05, 3.63) is 11.7 Å². The number of hydrogen-bond acceptors (Lipinski definition) is 5. The van der Waals surface area contributed by atoms with E-state index in [1.165, 1.54) is 0 Å². The van der Waals surface area contributed by atoms with Gasteiger partial charge in [-0.25, -0.2) is 0 Å². The first-order chi connectivity index (χ1) is 8.22. The van der Waals surface area contributed by atoms with Crippen LogP contribution in [0.4, 0.5) is 0 Å². The third-order valence-electron chi connectivity index (χ3n) is 2.82. The van der Waals surface area contributed by atoms with Gasteiger partial charge in [-0.15, -0.1) is 0 Å². The maximum absolute atomic E-state index is 5.27. The Balaban J connectivity index is 2.61. The predicted molar refractivity (Wildman–Crippen MR) is 65.8 cm³/mol. The van der Waals surface area contributed by atoms with Gasteiger partial charge in [0.25, 0.3) is 0 Å². The van der Waals surface area contributed by atoms with Crippen LogP contribution in [-0.2, 0) is 11.3 Å². The van der Waals surface area contributed by atoms with Crippen LogP contribution in [0.1, 0.15) is 51.7 Å². The lowest BCUT2D eigenvalue weighted by Crippen LogP contribution is -2.33. The maximum atomic E-state index is 5.27. The topological polar surface area (TPSA) is 60.2 Å². The largest absolute Gasteiger partial charge is 0.374 e. The molecule has 0 amide bonds. The van der Waals surface area contributed by atoms with Crippen molar-refractivity contribution >= 4 is 0 Å². The fourth-order valence-electron chi connectivity index (χ4n) is 1.81. The van der Waals surface area contributed by atoms with E-state index >= 15 is 0 Å². The van der Waals surface area contributed by atoms with Gasteiger partial charge in [0.15, 0.2) is 5.82 Å². The fraction of sp³-hybridized carbons (Fsp3) is 0.833. The Labute approximate surface area is 103 Å². The minimum atomic E-state index is 0.225. The second kappa shape index (κ2) is 7.40. The van der Waals surface area contributed by atoms with E-state index in [1.807, 2.05) is 6.92 Å². The van der Waals surface area contributed by atoms with Crippen molar-refractivity contribution in [2.24, 2.45) is 0 Å². The summed E-state index contributed by atoms with van der Waals surface area (Å²) in [5, 5.41) is 7.34. The predicted octanol–water partition coefficient (Wildman–Crippen LogP) is 2.10. The van der Waals surface area contributed by atoms with Crippen molar-refractivity contribution in [1.82, 2.24) is 15.5 Å². The van der Waals surface area contributed by atoms with E-state index in [1.54, 1.807) is 0 Å². The van der Waals surface area contributed by atoms with Crippen molar-refractivity contribution in [1.29, 1.82) is 0 Å². The van der Waals surface area contributed by atoms with Crippen LogP contribution in [0.5, 0.6) is 0 Å². The van der Waals surface area contributed by atoms with E-state index in [2.05, 4.69) is 36.2 Å². The van der Waals surface area contributed by atoms with Crippen LogP contribution in [0, 0.1) is 0 Å². The molecule has 1 N–H and O–H groups in total. The smallest absolute Gasteiger partial charge is 0.231 e. The van der Waals surface area contributed by atoms with Gasteiger partial charge in [0.2, 0.25) is 5.89 Å². The SMILES string of the molecule is CCNC(CC)C(C)c1nc(COCC)no1. The summed E-state index contributed by atoms with van der Waals surface area (Å²) in [6, 6.07) is 0.375. The van der Waals surface area contributed by atoms with Crippen LogP contribution < -0.4 is 5.32 Å². The van der Waals surface area contributed by atoms with Crippen molar-refractivity contribution in [2.75, 3.05) is 13.2 Å².